The molecule has 0 bridgehead atoms. The number of hydrogen-bond acceptors (Lipinski definition) is 3. The number of hydrogen-bond donors (Lipinski definition) is 1. The van der Waals surface area contributed by atoms with E-state index in [0.29, 0.717) is 6.42 Å². The van der Waals surface area contributed by atoms with Gasteiger partial charge >= 0.3 is 83.0 Å². The molecule has 0 saturated carbocycles. The Morgan fingerprint density at radius 3 is 2.36 bits per heavy atom. The van der Waals surface area contributed by atoms with E-state index < -0.39 is 24.5 Å². The first-order valence-electron chi connectivity index (χ1n) is 4.23. The SMILES string of the molecule is CCC1(OC(=O)C(=O)O)C(C)[PH]1(F)P. The Kier molecular flexibility index (Phi) is 2.86. The van der Waals surface area contributed by atoms with Crippen LogP contribution in [0.4, 0.5) is 4.20 Å². The monoisotopic (exact) mass is 242 g/mol. The van der Waals surface area contributed by atoms with E-state index in [4.69, 9.17) is 9.84 Å². The zero-order valence-electron chi connectivity index (χ0n) is 7.91. The van der Waals surface area contributed by atoms with E-state index >= 15 is 0 Å². The van der Waals surface area contributed by atoms with E-state index in [9.17, 15) is 13.8 Å². The molecule has 0 aromatic rings. The van der Waals surface area contributed by atoms with Gasteiger partial charge in [-0.25, -0.2) is 0 Å². The van der Waals surface area contributed by atoms with Crippen molar-refractivity contribution in [3.05, 3.63) is 0 Å². The zero-order valence-corrected chi connectivity index (χ0v) is 10.1. The second-order valence-electron chi connectivity index (χ2n) is 3.43. The third-order valence-electron chi connectivity index (χ3n) is 2.87. The Labute approximate surface area is 83.8 Å². The molecule has 1 N–H and O–H groups in total. The Morgan fingerprint density at radius 1 is 1.71 bits per heavy atom. The van der Waals surface area contributed by atoms with E-state index in [1.165, 1.54) is 0 Å². The number of aliphatic carboxylic acids is 1. The molecule has 0 spiro atoms. The summed E-state index contributed by atoms with van der Waals surface area (Å²) in [6.07, 6.45) is 0.319. The molecule has 1 fully saturated rings. The number of esters is 1. The van der Waals surface area contributed by atoms with Crippen LogP contribution in [-0.2, 0) is 14.3 Å². The number of carboxylic acid groups (broad SMARTS) is 1. The molecule has 7 heteroatoms. The van der Waals surface area contributed by atoms with E-state index in [0.717, 1.165) is 0 Å². The van der Waals surface area contributed by atoms with Crippen LogP contribution < -0.4 is 0 Å². The first-order valence-corrected chi connectivity index (χ1v) is 8.00. The second-order valence-corrected chi connectivity index (χ2v) is 9.20. The van der Waals surface area contributed by atoms with Gasteiger partial charge in [0.1, 0.15) is 0 Å². The van der Waals surface area contributed by atoms with Crippen molar-refractivity contribution < 1.29 is 23.6 Å². The Morgan fingerprint density at radius 2 is 2.14 bits per heavy atom. The van der Waals surface area contributed by atoms with E-state index in [2.05, 4.69) is 8.93 Å². The van der Waals surface area contributed by atoms with Gasteiger partial charge < -0.3 is 0 Å². The Hall–Kier alpha value is -0.270. The Balaban J connectivity index is 2.77. The fourth-order valence-electron chi connectivity index (χ4n) is 1.71. The van der Waals surface area contributed by atoms with Crippen LogP contribution in [0.15, 0.2) is 0 Å². The predicted octanol–water partition coefficient (Wildman–Crippen LogP) is 1.55. The van der Waals surface area contributed by atoms with Crippen LogP contribution in [0.2, 0.25) is 0 Å². The predicted molar refractivity (Wildman–Crippen MR) is 55.3 cm³/mol. The van der Waals surface area contributed by atoms with Gasteiger partial charge in [-0.15, -0.1) is 0 Å². The normalized spacial score (nSPS) is 35.9. The van der Waals surface area contributed by atoms with Gasteiger partial charge in [-0.05, 0) is 0 Å². The summed E-state index contributed by atoms with van der Waals surface area (Å²) in [4.78, 5) is 21.1. The van der Waals surface area contributed by atoms with Crippen LogP contribution in [0.1, 0.15) is 20.3 Å². The van der Waals surface area contributed by atoms with Gasteiger partial charge in [0.05, 0.1) is 0 Å². The average Bonchev–Trinajstić information content (AvgIpc) is 2.50. The minimum atomic E-state index is -3.14. The molecule has 4 nitrogen and oxygen atoms in total. The third kappa shape index (κ3) is 1.43. The molecule has 0 aliphatic carbocycles. The van der Waals surface area contributed by atoms with Crippen molar-refractivity contribution in [3.8, 4) is 0 Å². The van der Waals surface area contributed by atoms with Gasteiger partial charge in [-0.2, -0.15) is 0 Å². The molecular weight excluding hydrogens is 229 g/mol. The maximum absolute atomic E-state index is 13.8. The molecule has 3 atom stereocenters. The molecule has 0 aromatic carbocycles. The number of carboxylic acids is 1. The van der Waals surface area contributed by atoms with Crippen molar-refractivity contribution in [3.63, 3.8) is 0 Å². The Bertz CT molecular complexity index is 293. The molecule has 82 valence electrons. The summed E-state index contributed by atoms with van der Waals surface area (Å²) in [6.45, 7) is 3.32. The first kappa shape index (κ1) is 11.8. The summed E-state index contributed by atoms with van der Waals surface area (Å²) < 4.78 is 18.5. The van der Waals surface area contributed by atoms with Crippen molar-refractivity contribution in [1.82, 2.24) is 0 Å². The van der Waals surface area contributed by atoms with Crippen LogP contribution >= 0.6 is 16.2 Å². The van der Waals surface area contributed by atoms with Gasteiger partial charge in [0.15, 0.2) is 0 Å². The fourth-order valence-corrected chi connectivity index (χ4v) is 7.15. The van der Waals surface area contributed by atoms with E-state index in [1.807, 2.05) is 0 Å². The maximum atomic E-state index is 13.8. The first-order chi connectivity index (χ1) is 6.29. The summed E-state index contributed by atoms with van der Waals surface area (Å²) in [5.41, 5.74) is -0.353. The van der Waals surface area contributed by atoms with Gasteiger partial charge in [-0.3, -0.25) is 0 Å². The van der Waals surface area contributed by atoms with Crippen molar-refractivity contribution >= 4 is 28.1 Å². The molecule has 0 amide bonds. The van der Waals surface area contributed by atoms with E-state index in [1.54, 1.807) is 13.8 Å². The standard InChI is InChI=1S/C7H13FO4P2/c1-3-7(4(2)14(7,8)13)12-6(11)5(9)10/h4,14H,3,13H2,1-2H3,(H,9,10). The number of carbonyl (C=O) groups excluding carboxylic acids is 1. The quantitative estimate of drug-likeness (QED) is 0.453. The molecule has 1 aliphatic heterocycles. The minimum absolute atomic E-state index is 0.319. The second kappa shape index (κ2) is 3.39. The molecule has 1 heterocycles. The van der Waals surface area contributed by atoms with Crippen LogP contribution in [0, 0.1) is 0 Å². The molecule has 0 aromatic heterocycles. The topological polar surface area (TPSA) is 63.6 Å². The fraction of sp³-hybridized carbons (Fsp3) is 0.714. The molecule has 1 aliphatic rings. The number of halogens is 1. The van der Waals surface area contributed by atoms with Gasteiger partial charge in [0.25, 0.3) is 0 Å². The molecule has 3 unspecified atom stereocenters. The van der Waals surface area contributed by atoms with Crippen LogP contribution in [0.25, 0.3) is 0 Å². The summed E-state index contributed by atoms with van der Waals surface area (Å²) in [5, 5.41) is 7.19. The summed E-state index contributed by atoms with van der Waals surface area (Å²) in [7, 11) is -1.04. The molecule has 14 heavy (non-hydrogen) atoms. The summed E-state index contributed by atoms with van der Waals surface area (Å²) in [6, 6.07) is 0. The van der Waals surface area contributed by atoms with Crippen LogP contribution in [-0.4, -0.2) is 28.0 Å². The third-order valence-corrected chi connectivity index (χ3v) is 9.44. The summed E-state index contributed by atoms with van der Waals surface area (Å²) in [5.74, 6) is -3.04. The van der Waals surface area contributed by atoms with Crippen molar-refractivity contribution in [2.45, 2.75) is 31.3 Å². The molecule has 1 rings (SSSR count). The molecule has 0 radical (unpaired) electrons. The van der Waals surface area contributed by atoms with Gasteiger partial charge in [0, 0.05) is 0 Å². The average molecular weight is 242 g/mol. The molecule has 1 saturated heterocycles. The summed E-state index contributed by atoms with van der Waals surface area (Å²) >= 11 is 0. The van der Waals surface area contributed by atoms with Crippen molar-refractivity contribution in [1.29, 1.82) is 0 Å². The number of carbonyl (C=O) groups is 2. The van der Waals surface area contributed by atoms with Crippen molar-refractivity contribution in [2.75, 3.05) is 0 Å². The van der Waals surface area contributed by atoms with Crippen LogP contribution in [0.3, 0.4) is 0 Å². The van der Waals surface area contributed by atoms with E-state index in [-0.39, 0.29) is 5.66 Å². The van der Waals surface area contributed by atoms with Gasteiger partial charge in [-0.1, -0.05) is 0 Å². The zero-order chi connectivity index (χ0) is 11.1. The number of ether oxygens (including phenoxy) is 1. The molecular formula is C7H13FO4P2. The van der Waals surface area contributed by atoms with Crippen molar-refractivity contribution in [2.24, 2.45) is 0 Å². The number of rotatable bonds is 2. The van der Waals surface area contributed by atoms with Crippen LogP contribution in [0.5, 0.6) is 0 Å². The van der Waals surface area contributed by atoms with Gasteiger partial charge in [0.2, 0.25) is 0 Å².